The normalized spacial score (nSPS) is 12.3. The highest BCUT2D eigenvalue weighted by Crippen LogP contribution is 2.36. The van der Waals surface area contributed by atoms with Gasteiger partial charge in [0.15, 0.2) is 11.5 Å². The van der Waals surface area contributed by atoms with Gasteiger partial charge in [0.1, 0.15) is 5.75 Å². The van der Waals surface area contributed by atoms with Crippen molar-refractivity contribution in [3.05, 3.63) is 52.0 Å². The van der Waals surface area contributed by atoms with Gasteiger partial charge < -0.3 is 24.6 Å². The van der Waals surface area contributed by atoms with Gasteiger partial charge in [-0.15, -0.1) is 0 Å². The van der Waals surface area contributed by atoms with Crippen LogP contribution in [0.5, 0.6) is 17.2 Å². The van der Waals surface area contributed by atoms with Crippen LogP contribution in [0.15, 0.2) is 30.3 Å². The monoisotopic (exact) mass is 673 g/mol. The molecule has 0 fully saturated rings. The van der Waals surface area contributed by atoms with E-state index in [-0.39, 0.29) is 40.0 Å². The molecule has 0 aliphatic carbocycles. The Morgan fingerprint density at radius 2 is 1.47 bits per heavy atom. The number of nitrogens with one attached hydrogen (secondary N) is 1. The predicted molar refractivity (Wildman–Crippen MR) is 192 cm³/mol. The van der Waals surface area contributed by atoms with Crippen molar-refractivity contribution in [2.24, 2.45) is 5.41 Å². The van der Waals surface area contributed by atoms with Gasteiger partial charge in [-0.25, -0.2) is 4.79 Å². The van der Waals surface area contributed by atoms with E-state index in [2.05, 4.69) is 26.1 Å². The number of unbranched alkanes of at least 4 members (excludes halogenated alkanes) is 11. The molecule has 0 amide bonds. The summed E-state index contributed by atoms with van der Waals surface area (Å²) in [5.41, 5.74) is 1.19. The maximum absolute atomic E-state index is 13.3. The molecule has 0 heterocycles. The lowest BCUT2D eigenvalue weighted by atomic mass is 9.83. The summed E-state index contributed by atoms with van der Waals surface area (Å²) in [5.74, 6) is -0.619. The number of aliphatic hydroxyl groups excluding tert-OH is 1. The molecule has 0 bridgehead atoms. The topological polar surface area (TPSA) is 94.1 Å². The number of hydrogen-bond acceptors (Lipinski definition) is 7. The molecule has 0 radical (unpaired) electrons. The molecule has 8 heteroatoms. The number of methoxy groups -OCH3 is 1. The minimum Gasteiger partial charge on any atom is -0.495 e. The molecule has 264 valence electrons. The number of hydrogen-bond donors (Lipinski definition) is 2. The first-order chi connectivity index (χ1) is 22.4. The van der Waals surface area contributed by atoms with Crippen LogP contribution >= 0.6 is 11.6 Å². The number of ether oxygens (including phenoxy) is 3. The number of halogens is 1. The van der Waals surface area contributed by atoms with E-state index in [1.54, 1.807) is 24.3 Å². The number of carbonyl (C=O) groups is 2. The van der Waals surface area contributed by atoms with Gasteiger partial charge in [0, 0.05) is 12.6 Å². The van der Waals surface area contributed by atoms with Crippen LogP contribution < -0.4 is 19.5 Å². The van der Waals surface area contributed by atoms with Crippen molar-refractivity contribution in [3.63, 3.8) is 0 Å². The SMILES string of the molecule is CCCCCCCCCCCCCCC(C)(C)CC(=O)Oc1cc(C(O)CNC(C)C)ccc1OC(=O)c1ccc(C)c(OC)c1Cl. The maximum atomic E-state index is 13.3. The molecule has 1 atom stereocenters. The molecule has 0 aromatic heterocycles. The lowest BCUT2D eigenvalue weighted by Crippen LogP contribution is -2.28. The largest absolute Gasteiger partial charge is 0.495 e. The van der Waals surface area contributed by atoms with E-state index in [1.165, 1.54) is 77.4 Å². The number of esters is 2. The number of aliphatic hydroxyl groups is 1. The summed E-state index contributed by atoms with van der Waals surface area (Å²) in [7, 11) is 1.48. The zero-order valence-electron chi connectivity index (χ0n) is 30.0. The lowest BCUT2D eigenvalue weighted by Gasteiger charge is -2.24. The van der Waals surface area contributed by atoms with Gasteiger partial charge in [0.05, 0.1) is 30.2 Å². The van der Waals surface area contributed by atoms with E-state index in [4.69, 9.17) is 25.8 Å². The second-order valence-corrected chi connectivity index (χ2v) is 14.3. The number of carbonyl (C=O) groups excluding carboxylic acids is 2. The van der Waals surface area contributed by atoms with Crippen LogP contribution in [0, 0.1) is 12.3 Å². The summed E-state index contributed by atoms with van der Waals surface area (Å²) >= 11 is 6.46. The van der Waals surface area contributed by atoms with Gasteiger partial charge in [0.2, 0.25) is 0 Å². The summed E-state index contributed by atoms with van der Waals surface area (Å²) in [6.07, 6.45) is 15.8. The molecule has 0 saturated carbocycles. The average molecular weight is 674 g/mol. The Labute approximate surface area is 289 Å². The Bertz CT molecular complexity index is 1240. The van der Waals surface area contributed by atoms with Crippen molar-refractivity contribution >= 4 is 23.5 Å². The zero-order valence-corrected chi connectivity index (χ0v) is 30.8. The van der Waals surface area contributed by atoms with Crippen LogP contribution in [0.4, 0.5) is 0 Å². The Morgan fingerprint density at radius 3 is 2.04 bits per heavy atom. The third-order valence-corrected chi connectivity index (χ3v) is 8.92. The molecule has 0 aliphatic heterocycles. The first kappa shape index (κ1) is 40.6. The van der Waals surface area contributed by atoms with Gasteiger partial charge in [0.25, 0.3) is 0 Å². The Hall–Kier alpha value is -2.61. The lowest BCUT2D eigenvalue weighted by molar-refractivity contribution is -0.136. The number of benzene rings is 2. The summed E-state index contributed by atoms with van der Waals surface area (Å²) in [6, 6.07) is 8.23. The fraction of sp³-hybridized carbons (Fsp3) is 0.641. The number of aryl methyl sites for hydroxylation is 1. The van der Waals surface area contributed by atoms with Gasteiger partial charge in [-0.05, 0) is 48.1 Å². The quantitative estimate of drug-likeness (QED) is 0.0688. The molecule has 2 rings (SSSR count). The smallest absolute Gasteiger partial charge is 0.345 e. The molecule has 47 heavy (non-hydrogen) atoms. The molecule has 2 N–H and O–H groups in total. The van der Waals surface area contributed by atoms with Gasteiger partial charge in [-0.1, -0.05) is 135 Å². The minimum absolute atomic E-state index is 0.0606. The van der Waals surface area contributed by atoms with Crippen molar-refractivity contribution in [2.75, 3.05) is 13.7 Å². The Kier molecular flexibility index (Phi) is 18.5. The van der Waals surface area contributed by atoms with E-state index in [0.717, 1.165) is 24.8 Å². The van der Waals surface area contributed by atoms with Crippen molar-refractivity contribution < 1.29 is 28.9 Å². The Balaban J connectivity index is 2.01. The highest BCUT2D eigenvalue weighted by Gasteiger charge is 2.26. The molecule has 2 aromatic carbocycles. The van der Waals surface area contributed by atoms with Gasteiger partial charge in [-0.3, -0.25) is 4.79 Å². The fourth-order valence-corrected chi connectivity index (χ4v) is 6.03. The molecular formula is C39H60ClNO6. The molecular weight excluding hydrogens is 614 g/mol. The van der Waals surface area contributed by atoms with Crippen LogP contribution in [0.1, 0.15) is 152 Å². The second-order valence-electron chi connectivity index (χ2n) is 13.9. The highest BCUT2D eigenvalue weighted by atomic mass is 35.5. The molecule has 7 nitrogen and oxygen atoms in total. The summed E-state index contributed by atoms with van der Waals surface area (Å²) < 4.78 is 16.9. The standard InChI is InChI=1S/C39H60ClNO6/c1-8-9-10-11-12-13-14-15-16-17-18-19-24-39(5,6)26-35(43)46-34-25-30(32(42)27-41-28(2)3)21-23-33(34)47-38(44)31-22-20-29(4)37(45-7)36(31)40/h20-23,25,28,32,41-42H,8-19,24,26-27H2,1-7H3. The molecule has 0 saturated heterocycles. The highest BCUT2D eigenvalue weighted by molar-refractivity contribution is 6.35. The first-order valence-corrected chi connectivity index (χ1v) is 18.1. The van der Waals surface area contributed by atoms with E-state index in [0.29, 0.717) is 17.9 Å². The predicted octanol–water partition coefficient (Wildman–Crippen LogP) is 10.3. The average Bonchev–Trinajstić information content (AvgIpc) is 3.01. The van der Waals surface area contributed by atoms with Crippen LogP contribution in [-0.2, 0) is 4.79 Å². The van der Waals surface area contributed by atoms with Crippen molar-refractivity contribution in [3.8, 4) is 17.2 Å². The van der Waals surface area contributed by atoms with E-state index in [1.807, 2.05) is 20.8 Å². The third-order valence-electron chi connectivity index (χ3n) is 8.55. The summed E-state index contributed by atoms with van der Waals surface area (Å²) in [4.78, 5) is 26.5. The second kappa shape index (κ2) is 21.4. The number of rotatable bonds is 23. The molecule has 0 spiro atoms. The van der Waals surface area contributed by atoms with Gasteiger partial charge in [-0.2, -0.15) is 0 Å². The van der Waals surface area contributed by atoms with E-state index in [9.17, 15) is 14.7 Å². The van der Waals surface area contributed by atoms with E-state index >= 15 is 0 Å². The molecule has 0 aliphatic rings. The van der Waals surface area contributed by atoms with Crippen LogP contribution in [0.3, 0.4) is 0 Å². The van der Waals surface area contributed by atoms with Crippen molar-refractivity contribution in [1.29, 1.82) is 0 Å². The summed E-state index contributed by atoms with van der Waals surface area (Å²) in [6.45, 7) is 12.5. The summed E-state index contributed by atoms with van der Waals surface area (Å²) in [5, 5.41) is 14.1. The third kappa shape index (κ3) is 15.0. The van der Waals surface area contributed by atoms with Crippen LogP contribution in [-0.4, -0.2) is 36.7 Å². The Morgan fingerprint density at radius 1 is 0.872 bits per heavy atom. The van der Waals surface area contributed by atoms with Crippen molar-refractivity contribution in [2.45, 2.75) is 144 Å². The van der Waals surface area contributed by atoms with Crippen LogP contribution in [0.2, 0.25) is 5.02 Å². The van der Waals surface area contributed by atoms with Gasteiger partial charge >= 0.3 is 11.9 Å². The zero-order chi connectivity index (χ0) is 34.8. The molecule has 1 unspecified atom stereocenters. The maximum Gasteiger partial charge on any atom is 0.345 e. The molecule has 2 aromatic rings. The fourth-order valence-electron chi connectivity index (χ4n) is 5.66. The van der Waals surface area contributed by atoms with Crippen molar-refractivity contribution in [1.82, 2.24) is 5.32 Å². The first-order valence-electron chi connectivity index (χ1n) is 17.7. The van der Waals surface area contributed by atoms with E-state index < -0.39 is 18.0 Å². The minimum atomic E-state index is -0.849. The van der Waals surface area contributed by atoms with Crippen LogP contribution in [0.25, 0.3) is 0 Å².